The minimum absolute atomic E-state index is 0.254. The summed E-state index contributed by atoms with van der Waals surface area (Å²) in [7, 11) is 0. The lowest BCUT2D eigenvalue weighted by Gasteiger charge is -2.54. The van der Waals surface area contributed by atoms with E-state index >= 15 is 0 Å². The van der Waals surface area contributed by atoms with Crippen LogP contribution in [0.1, 0.15) is 33.6 Å². The van der Waals surface area contributed by atoms with Gasteiger partial charge in [0.15, 0.2) is 0 Å². The summed E-state index contributed by atoms with van der Waals surface area (Å²) in [5, 5.41) is 9.29. The lowest BCUT2D eigenvalue weighted by molar-refractivity contribution is -0.0644. The van der Waals surface area contributed by atoms with Crippen molar-refractivity contribution in [2.24, 2.45) is 11.7 Å². The molecule has 98 valence electrons. The lowest BCUT2D eigenvalue weighted by Crippen LogP contribution is -2.69. The van der Waals surface area contributed by atoms with Crippen molar-refractivity contribution in [2.75, 3.05) is 13.1 Å². The Kier molecular flexibility index (Phi) is 2.86. The Morgan fingerprint density at radius 3 is 2.35 bits per heavy atom. The molecule has 2 aliphatic rings. The highest BCUT2D eigenvalue weighted by molar-refractivity contribution is 5.69. The number of aliphatic hydroxyl groups excluding tert-OH is 1. The standard InChI is InChI=1S/C12H22N2O3/c1-11(2,3)17-10(16)14-6-8(7-14)12(13)4-9(15)5-12/h8-9,15H,4-7,13H2,1-3H3. The molecule has 3 N–H and O–H groups in total. The van der Waals surface area contributed by atoms with Crippen molar-refractivity contribution >= 4 is 6.09 Å². The molecule has 2 rings (SSSR count). The smallest absolute Gasteiger partial charge is 0.410 e. The first-order valence-corrected chi connectivity index (χ1v) is 6.14. The molecule has 0 spiro atoms. The Labute approximate surface area is 102 Å². The topological polar surface area (TPSA) is 75.8 Å². The quantitative estimate of drug-likeness (QED) is 0.710. The summed E-state index contributed by atoms with van der Waals surface area (Å²) < 4.78 is 5.27. The van der Waals surface area contributed by atoms with E-state index in [1.165, 1.54) is 0 Å². The van der Waals surface area contributed by atoms with Gasteiger partial charge >= 0.3 is 6.09 Å². The van der Waals surface area contributed by atoms with Crippen LogP contribution in [0.2, 0.25) is 0 Å². The Bertz CT molecular complexity index is 312. The normalized spacial score (nSPS) is 33.9. The zero-order valence-corrected chi connectivity index (χ0v) is 10.8. The van der Waals surface area contributed by atoms with E-state index in [-0.39, 0.29) is 17.7 Å². The summed E-state index contributed by atoms with van der Waals surface area (Å²) in [6.07, 6.45) is 0.785. The first-order chi connectivity index (χ1) is 7.70. The third-order valence-corrected chi connectivity index (χ3v) is 3.58. The second-order valence-corrected chi connectivity index (χ2v) is 6.38. The largest absolute Gasteiger partial charge is 0.444 e. The molecule has 0 aromatic carbocycles. The van der Waals surface area contributed by atoms with Crippen molar-refractivity contribution in [1.29, 1.82) is 0 Å². The Hall–Kier alpha value is -0.810. The van der Waals surface area contributed by atoms with E-state index in [2.05, 4.69) is 0 Å². The van der Waals surface area contributed by atoms with Gasteiger partial charge in [0, 0.05) is 24.5 Å². The molecule has 0 radical (unpaired) electrons. The monoisotopic (exact) mass is 242 g/mol. The van der Waals surface area contributed by atoms with Crippen LogP contribution >= 0.6 is 0 Å². The van der Waals surface area contributed by atoms with Crippen molar-refractivity contribution in [3.8, 4) is 0 Å². The van der Waals surface area contributed by atoms with Crippen LogP contribution in [0.15, 0.2) is 0 Å². The van der Waals surface area contributed by atoms with E-state index in [4.69, 9.17) is 10.5 Å². The fourth-order valence-corrected chi connectivity index (χ4v) is 2.47. The zero-order valence-electron chi connectivity index (χ0n) is 10.8. The third-order valence-electron chi connectivity index (χ3n) is 3.58. The Morgan fingerprint density at radius 2 is 1.94 bits per heavy atom. The molecule has 1 heterocycles. The van der Waals surface area contributed by atoms with Gasteiger partial charge in [-0.3, -0.25) is 0 Å². The molecular weight excluding hydrogens is 220 g/mol. The van der Waals surface area contributed by atoms with Crippen molar-refractivity contribution in [1.82, 2.24) is 4.90 Å². The number of rotatable bonds is 1. The molecule has 0 aromatic rings. The van der Waals surface area contributed by atoms with E-state index in [0.717, 1.165) is 0 Å². The molecule has 1 saturated heterocycles. The molecule has 17 heavy (non-hydrogen) atoms. The average molecular weight is 242 g/mol. The number of carbonyl (C=O) groups is 1. The highest BCUT2D eigenvalue weighted by atomic mass is 16.6. The van der Waals surface area contributed by atoms with Crippen molar-refractivity contribution in [2.45, 2.75) is 50.9 Å². The number of aliphatic hydroxyl groups is 1. The van der Waals surface area contributed by atoms with Crippen LogP contribution in [0.3, 0.4) is 0 Å². The van der Waals surface area contributed by atoms with E-state index in [1.807, 2.05) is 20.8 Å². The van der Waals surface area contributed by atoms with E-state index in [1.54, 1.807) is 4.90 Å². The van der Waals surface area contributed by atoms with Gasteiger partial charge in [0.05, 0.1) is 6.10 Å². The van der Waals surface area contributed by atoms with E-state index in [9.17, 15) is 9.90 Å². The van der Waals surface area contributed by atoms with Crippen molar-refractivity contribution in [3.63, 3.8) is 0 Å². The molecule has 2 fully saturated rings. The van der Waals surface area contributed by atoms with Crippen LogP contribution in [0.5, 0.6) is 0 Å². The van der Waals surface area contributed by atoms with Crippen molar-refractivity contribution in [3.05, 3.63) is 0 Å². The second-order valence-electron chi connectivity index (χ2n) is 6.38. The summed E-state index contributed by atoms with van der Waals surface area (Å²) >= 11 is 0. The number of amides is 1. The van der Waals surface area contributed by atoms with Gasteiger partial charge in [-0.05, 0) is 33.6 Å². The van der Waals surface area contributed by atoms with Gasteiger partial charge in [0.1, 0.15) is 5.60 Å². The molecular formula is C12H22N2O3. The average Bonchev–Trinajstić information content (AvgIpc) is 1.93. The fraction of sp³-hybridized carbons (Fsp3) is 0.917. The first-order valence-electron chi connectivity index (χ1n) is 6.14. The zero-order chi connectivity index (χ0) is 12.8. The summed E-state index contributed by atoms with van der Waals surface area (Å²) in [5.74, 6) is 0.304. The number of nitrogens with two attached hydrogens (primary N) is 1. The number of likely N-dealkylation sites (tertiary alicyclic amines) is 1. The minimum atomic E-state index is -0.449. The number of hydrogen-bond donors (Lipinski definition) is 2. The molecule has 1 amide bonds. The number of nitrogens with zero attached hydrogens (tertiary/aromatic N) is 1. The Morgan fingerprint density at radius 1 is 1.41 bits per heavy atom. The maximum absolute atomic E-state index is 11.7. The molecule has 0 atom stereocenters. The molecule has 1 aliphatic carbocycles. The highest BCUT2D eigenvalue weighted by Crippen LogP contribution is 2.40. The van der Waals surface area contributed by atoms with Gasteiger partial charge in [-0.25, -0.2) is 4.79 Å². The molecule has 0 unspecified atom stereocenters. The second kappa shape index (κ2) is 3.85. The SMILES string of the molecule is CC(C)(C)OC(=O)N1CC(C2(N)CC(O)C2)C1. The number of ether oxygens (including phenoxy) is 1. The van der Waals surface area contributed by atoms with Gasteiger partial charge in [0.2, 0.25) is 0 Å². The fourth-order valence-electron chi connectivity index (χ4n) is 2.47. The van der Waals surface area contributed by atoms with Gasteiger partial charge in [-0.1, -0.05) is 0 Å². The first kappa shape index (κ1) is 12.6. The Balaban J connectivity index is 1.77. The predicted octanol–water partition coefficient (Wildman–Crippen LogP) is 0.705. The molecule has 0 aromatic heterocycles. The molecule has 0 bridgehead atoms. The maximum Gasteiger partial charge on any atom is 0.410 e. The lowest BCUT2D eigenvalue weighted by atomic mass is 9.64. The van der Waals surface area contributed by atoms with Gasteiger partial charge in [-0.15, -0.1) is 0 Å². The van der Waals surface area contributed by atoms with Crippen LogP contribution in [-0.2, 0) is 4.74 Å². The molecule has 1 aliphatic heterocycles. The molecule has 1 saturated carbocycles. The van der Waals surface area contributed by atoms with Crippen LogP contribution in [0.4, 0.5) is 4.79 Å². The van der Waals surface area contributed by atoms with Gasteiger partial charge < -0.3 is 20.5 Å². The highest BCUT2D eigenvalue weighted by Gasteiger charge is 2.51. The maximum atomic E-state index is 11.7. The minimum Gasteiger partial charge on any atom is -0.444 e. The predicted molar refractivity (Wildman–Crippen MR) is 63.5 cm³/mol. The van der Waals surface area contributed by atoms with Crippen LogP contribution in [-0.4, -0.2) is 46.4 Å². The molecule has 5 heteroatoms. The summed E-state index contributed by atoms with van der Waals surface area (Å²) in [4.78, 5) is 13.4. The third kappa shape index (κ3) is 2.55. The number of hydrogen-bond acceptors (Lipinski definition) is 4. The van der Waals surface area contributed by atoms with Gasteiger partial charge in [0.25, 0.3) is 0 Å². The van der Waals surface area contributed by atoms with E-state index < -0.39 is 5.60 Å². The van der Waals surface area contributed by atoms with Crippen molar-refractivity contribution < 1.29 is 14.6 Å². The van der Waals surface area contributed by atoms with Gasteiger partial charge in [-0.2, -0.15) is 0 Å². The van der Waals surface area contributed by atoms with Crippen LogP contribution < -0.4 is 5.73 Å². The summed E-state index contributed by atoms with van der Waals surface area (Å²) in [5.41, 5.74) is 5.43. The van der Waals surface area contributed by atoms with Crippen LogP contribution in [0, 0.1) is 5.92 Å². The van der Waals surface area contributed by atoms with E-state index in [0.29, 0.717) is 31.8 Å². The van der Waals surface area contributed by atoms with Crippen LogP contribution in [0.25, 0.3) is 0 Å². The summed E-state index contributed by atoms with van der Waals surface area (Å²) in [6, 6.07) is 0. The number of carbonyl (C=O) groups excluding carboxylic acids is 1. The summed E-state index contributed by atoms with van der Waals surface area (Å²) in [6.45, 7) is 6.87. The molecule has 5 nitrogen and oxygen atoms in total.